The fourth-order valence-electron chi connectivity index (χ4n) is 1.67. The second-order valence-corrected chi connectivity index (χ2v) is 4.81. The van der Waals surface area contributed by atoms with E-state index in [4.69, 9.17) is 0 Å². The Labute approximate surface area is 123 Å². The molecular weight excluding hydrogens is 324 g/mol. The molecular formula is C14H11BrN2O3. The van der Waals surface area contributed by atoms with Gasteiger partial charge < -0.3 is 10.4 Å². The van der Waals surface area contributed by atoms with E-state index in [9.17, 15) is 14.7 Å². The highest BCUT2D eigenvalue weighted by molar-refractivity contribution is 9.10. The molecule has 102 valence electrons. The zero-order valence-corrected chi connectivity index (χ0v) is 11.9. The van der Waals surface area contributed by atoms with E-state index >= 15 is 0 Å². The van der Waals surface area contributed by atoms with Gasteiger partial charge in [0.15, 0.2) is 6.04 Å². The molecule has 1 aromatic heterocycles. The Morgan fingerprint density at radius 2 is 1.80 bits per heavy atom. The lowest BCUT2D eigenvalue weighted by molar-refractivity contribution is -0.139. The molecule has 0 spiro atoms. The van der Waals surface area contributed by atoms with Crippen molar-refractivity contribution < 1.29 is 14.7 Å². The minimum Gasteiger partial charge on any atom is -0.479 e. The third kappa shape index (κ3) is 3.42. The van der Waals surface area contributed by atoms with E-state index in [1.807, 2.05) is 0 Å². The minimum absolute atomic E-state index is 0.154. The van der Waals surface area contributed by atoms with Crippen LogP contribution in [0.25, 0.3) is 0 Å². The highest BCUT2D eigenvalue weighted by Gasteiger charge is 2.22. The molecule has 0 saturated heterocycles. The molecule has 0 radical (unpaired) electrons. The summed E-state index contributed by atoms with van der Waals surface area (Å²) < 4.78 is 0.511. The molecule has 2 rings (SSSR count). The first-order valence-electron chi connectivity index (χ1n) is 5.79. The molecule has 1 atom stereocenters. The van der Waals surface area contributed by atoms with E-state index in [2.05, 4.69) is 26.2 Å². The Morgan fingerprint density at radius 3 is 2.40 bits per heavy atom. The van der Waals surface area contributed by atoms with Crippen LogP contribution in [0.4, 0.5) is 0 Å². The average Bonchev–Trinajstić information content (AvgIpc) is 2.45. The van der Waals surface area contributed by atoms with Gasteiger partial charge in [-0.25, -0.2) is 9.78 Å². The number of amides is 1. The summed E-state index contributed by atoms with van der Waals surface area (Å²) in [4.78, 5) is 27.3. The number of hydrogen-bond acceptors (Lipinski definition) is 3. The Morgan fingerprint density at radius 1 is 1.10 bits per heavy atom. The van der Waals surface area contributed by atoms with E-state index in [-0.39, 0.29) is 5.69 Å². The average molecular weight is 335 g/mol. The topological polar surface area (TPSA) is 79.3 Å². The largest absolute Gasteiger partial charge is 0.479 e. The van der Waals surface area contributed by atoms with Gasteiger partial charge in [0.05, 0.1) is 0 Å². The minimum atomic E-state index is -1.13. The van der Waals surface area contributed by atoms with Crippen LogP contribution in [-0.4, -0.2) is 22.0 Å². The summed E-state index contributed by atoms with van der Waals surface area (Å²) in [5.41, 5.74) is 0.657. The molecule has 0 saturated carbocycles. The first-order valence-corrected chi connectivity index (χ1v) is 6.58. The SMILES string of the molecule is O=C(N[C@H](C(=O)O)c1ccccc1)c1cccc(Br)n1. The number of nitrogens with one attached hydrogen (secondary N) is 1. The molecule has 1 aromatic carbocycles. The maximum Gasteiger partial charge on any atom is 0.330 e. The zero-order valence-electron chi connectivity index (χ0n) is 10.3. The smallest absolute Gasteiger partial charge is 0.330 e. The van der Waals surface area contributed by atoms with Crippen LogP contribution in [0.2, 0.25) is 0 Å². The number of halogens is 1. The lowest BCUT2D eigenvalue weighted by Crippen LogP contribution is -2.34. The molecule has 5 nitrogen and oxygen atoms in total. The van der Waals surface area contributed by atoms with Crippen molar-refractivity contribution in [3.63, 3.8) is 0 Å². The Hall–Kier alpha value is -2.21. The Kier molecular flexibility index (Phi) is 4.47. The molecule has 0 aliphatic carbocycles. The first-order chi connectivity index (χ1) is 9.58. The molecule has 0 bridgehead atoms. The number of aliphatic carboxylic acids is 1. The number of aromatic nitrogens is 1. The van der Waals surface area contributed by atoms with Gasteiger partial charge in [0, 0.05) is 0 Å². The number of carbonyl (C=O) groups excluding carboxylic acids is 1. The van der Waals surface area contributed by atoms with Crippen LogP contribution in [0.15, 0.2) is 53.1 Å². The molecule has 0 unspecified atom stereocenters. The molecule has 2 N–H and O–H groups in total. The normalized spacial score (nSPS) is 11.7. The van der Waals surface area contributed by atoms with E-state index in [1.54, 1.807) is 42.5 Å². The number of benzene rings is 1. The summed E-state index contributed by atoms with van der Waals surface area (Å²) in [5.74, 6) is -1.66. The van der Waals surface area contributed by atoms with Gasteiger partial charge in [-0.15, -0.1) is 0 Å². The summed E-state index contributed by atoms with van der Waals surface area (Å²) in [6.07, 6.45) is 0. The van der Waals surface area contributed by atoms with Gasteiger partial charge in [0.2, 0.25) is 0 Å². The van der Waals surface area contributed by atoms with Crippen LogP contribution in [0, 0.1) is 0 Å². The second-order valence-electron chi connectivity index (χ2n) is 4.00. The van der Waals surface area contributed by atoms with Crippen LogP contribution < -0.4 is 5.32 Å². The van der Waals surface area contributed by atoms with E-state index < -0.39 is 17.9 Å². The van der Waals surface area contributed by atoms with Crippen molar-refractivity contribution in [1.29, 1.82) is 0 Å². The summed E-state index contributed by atoms with van der Waals surface area (Å²) in [7, 11) is 0. The maximum absolute atomic E-state index is 12.0. The number of pyridine rings is 1. The van der Waals surface area contributed by atoms with Crippen LogP contribution >= 0.6 is 15.9 Å². The molecule has 20 heavy (non-hydrogen) atoms. The number of carboxylic acids is 1. The number of nitrogens with zero attached hydrogens (tertiary/aromatic N) is 1. The maximum atomic E-state index is 12.0. The Bertz CT molecular complexity index is 631. The van der Waals surface area contributed by atoms with Gasteiger partial charge in [0.1, 0.15) is 10.3 Å². The van der Waals surface area contributed by atoms with E-state index in [0.717, 1.165) is 0 Å². The van der Waals surface area contributed by atoms with Crippen LogP contribution in [0.3, 0.4) is 0 Å². The molecule has 0 fully saturated rings. The third-order valence-corrected chi connectivity index (χ3v) is 3.04. The summed E-state index contributed by atoms with van der Waals surface area (Å²) in [5, 5.41) is 11.7. The fourth-order valence-corrected chi connectivity index (χ4v) is 2.02. The quantitative estimate of drug-likeness (QED) is 0.841. The predicted molar refractivity (Wildman–Crippen MR) is 76.2 cm³/mol. The van der Waals surface area contributed by atoms with Gasteiger partial charge in [-0.05, 0) is 33.6 Å². The van der Waals surface area contributed by atoms with Crippen molar-refractivity contribution in [3.05, 3.63) is 64.4 Å². The van der Waals surface area contributed by atoms with Gasteiger partial charge >= 0.3 is 5.97 Å². The zero-order chi connectivity index (χ0) is 14.5. The van der Waals surface area contributed by atoms with E-state index in [0.29, 0.717) is 10.2 Å². The Balaban J connectivity index is 2.21. The summed E-state index contributed by atoms with van der Waals surface area (Å²) in [6, 6.07) is 12.3. The van der Waals surface area contributed by atoms with Crippen molar-refractivity contribution in [2.45, 2.75) is 6.04 Å². The number of rotatable bonds is 4. The van der Waals surface area contributed by atoms with Crippen LogP contribution in [-0.2, 0) is 4.79 Å². The lowest BCUT2D eigenvalue weighted by Gasteiger charge is -2.14. The van der Waals surface area contributed by atoms with Crippen molar-refractivity contribution in [3.8, 4) is 0 Å². The van der Waals surface area contributed by atoms with Crippen molar-refractivity contribution in [2.24, 2.45) is 0 Å². The van der Waals surface area contributed by atoms with Crippen LogP contribution in [0.1, 0.15) is 22.1 Å². The highest BCUT2D eigenvalue weighted by Crippen LogP contribution is 2.14. The van der Waals surface area contributed by atoms with Crippen LogP contribution in [0.5, 0.6) is 0 Å². The molecule has 0 aliphatic rings. The highest BCUT2D eigenvalue weighted by atomic mass is 79.9. The second kappa shape index (κ2) is 6.29. The molecule has 0 aliphatic heterocycles. The molecule has 1 heterocycles. The predicted octanol–water partition coefficient (Wildman–Crippen LogP) is 2.40. The summed E-state index contributed by atoms with van der Waals surface area (Å²) in [6.45, 7) is 0. The molecule has 2 aromatic rings. The first kappa shape index (κ1) is 14.2. The third-order valence-electron chi connectivity index (χ3n) is 2.60. The van der Waals surface area contributed by atoms with Gasteiger partial charge in [0.25, 0.3) is 5.91 Å². The van der Waals surface area contributed by atoms with Gasteiger partial charge in [-0.2, -0.15) is 0 Å². The lowest BCUT2D eigenvalue weighted by atomic mass is 10.1. The molecule has 6 heteroatoms. The number of hydrogen-bond donors (Lipinski definition) is 2. The van der Waals surface area contributed by atoms with E-state index in [1.165, 1.54) is 6.07 Å². The fraction of sp³-hybridized carbons (Fsp3) is 0.0714. The number of carboxylic acid groups (broad SMARTS) is 1. The summed E-state index contributed by atoms with van der Waals surface area (Å²) >= 11 is 3.16. The van der Waals surface area contributed by atoms with Crippen molar-refractivity contribution >= 4 is 27.8 Å². The number of carbonyl (C=O) groups is 2. The monoisotopic (exact) mass is 334 g/mol. The van der Waals surface area contributed by atoms with Crippen molar-refractivity contribution in [1.82, 2.24) is 10.3 Å². The molecule has 1 amide bonds. The van der Waals surface area contributed by atoms with Crippen molar-refractivity contribution in [2.75, 3.05) is 0 Å². The standard InChI is InChI=1S/C14H11BrN2O3/c15-11-8-4-7-10(16-11)13(18)17-12(14(19)20)9-5-2-1-3-6-9/h1-8,12H,(H,17,18)(H,19,20)/t12-/m0/s1. The van der Waals surface area contributed by atoms with Gasteiger partial charge in [-0.1, -0.05) is 36.4 Å². The van der Waals surface area contributed by atoms with Gasteiger partial charge in [-0.3, -0.25) is 4.79 Å².